The summed E-state index contributed by atoms with van der Waals surface area (Å²) in [5.74, 6) is -1.48. The van der Waals surface area contributed by atoms with Gasteiger partial charge in [-0.15, -0.1) is 0 Å². The molecule has 2 aliphatic rings. The minimum absolute atomic E-state index is 0.00601. The van der Waals surface area contributed by atoms with Gasteiger partial charge in [-0.3, -0.25) is 4.90 Å². The highest BCUT2D eigenvalue weighted by atomic mass is 35.5. The van der Waals surface area contributed by atoms with Gasteiger partial charge in [-0.25, -0.2) is 13.2 Å². The average molecular weight is 335 g/mol. The van der Waals surface area contributed by atoms with Crippen molar-refractivity contribution in [3.63, 3.8) is 0 Å². The molecule has 2 heterocycles. The summed E-state index contributed by atoms with van der Waals surface area (Å²) in [6.07, 6.45) is 0. The number of hydrogen-bond donors (Lipinski definition) is 0. The van der Waals surface area contributed by atoms with E-state index < -0.39 is 23.8 Å². The monoisotopic (exact) mass is 334 g/mol. The number of halogens is 4. The SMILES string of the molecule is N#C[C@@H]1N2[C@@H](CF)[C@@]12c1ccc(-c2c(F)cc(Cl)cc2F)cc1. The van der Waals surface area contributed by atoms with Gasteiger partial charge in [0.15, 0.2) is 0 Å². The molecule has 4 rings (SSSR count). The van der Waals surface area contributed by atoms with Crippen molar-refractivity contribution in [1.82, 2.24) is 4.90 Å². The number of alkyl halides is 1. The first-order chi connectivity index (χ1) is 11.1. The van der Waals surface area contributed by atoms with Gasteiger partial charge in [-0.2, -0.15) is 5.26 Å². The molecular weight excluding hydrogens is 325 g/mol. The Morgan fingerprint density at radius 1 is 1.17 bits per heavy atom. The van der Waals surface area contributed by atoms with Crippen LogP contribution in [0.4, 0.5) is 13.2 Å². The highest BCUT2D eigenvalue weighted by molar-refractivity contribution is 6.30. The summed E-state index contributed by atoms with van der Waals surface area (Å²) in [4.78, 5) is 1.80. The predicted molar refractivity (Wildman–Crippen MR) is 79.5 cm³/mol. The molecule has 0 spiro atoms. The smallest absolute Gasteiger partial charge is 0.135 e. The van der Waals surface area contributed by atoms with Crippen LogP contribution in [0.1, 0.15) is 5.56 Å². The second-order valence-corrected chi connectivity index (χ2v) is 6.19. The van der Waals surface area contributed by atoms with Crippen LogP contribution in [0.2, 0.25) is 5.02 Å². The average Bonchev–Trinajstić information content (AvgIpc) is 3.36. The van der Waals surface area contributed by atoms with E-state index in [4.69, 9.17) is 16.9 Å². The van der Waals surface area contributed by atoms with E-state index in [1.807, 2.05) is 0 Å². The third-order valence-electron chi connectivity index (χ3n) is 4.74. The van der Waals surface area contributed by atoms with E-state index >= 15 is 0 Å². The van der Waals surface area contributed by atoms with Gasteiger partial charge < -0.3 is 0 Å². The van der Waals surface area contributed by atoms with Gasteiger partial charge in [0.2, 0.25) is 0 Å². The Morgan fingerprint density at radius 3 is 2.30 bits per heavy atom. The Balaban J connectivity index is 1.70. The molecule has 0 saturated carbocycles. The van der Waals surface area contributed by atoms with Crippen molar-refractivity contribution in [2.45, 2.75) is 17.6 Å². The van der Waals surface area contributed by atoms with Crippen LogP contribution in [-0.4, -0.2) is 23.7 Å². The van der Waals surface area contributed by atoms with Crippen LogP contribution in [0.15, 0.2) is 36.4 Å². The number of nitrogens with zero attached hydrogens (tertiary/aromatic N) is 2. The van der Waals surface area contributed by atoms with E-state index in [1.54, 1.807) is 29.2 Å². The van der Waals surface area contributed by atoms with Gasteiger partial charge in [0.1, 0.15) is 24.4 Å². The largest absolute Gasteiger partial charge is 0.264 e. The van der Waals surface area contributed by atoms with Crippen molar-refractivity contribution in [2.75, 3.05) is 6.67 Å². The topological polar surface area (TPSA) is 26.8 Å². The number of fused-ring (bicyclic) bond motifs is 1. The lowest BCUT2D eigenvalue weighted by atomic mass is 9.91. The van der Waals surface area contributed by atoms with Crippen molar-refractivity contribution in [3.05, 3.63) is 58.6 Å². The molecule has 1 unspecified atom stereocenters. The zero-order valence-electron chi connectivity index (χ0n) is 11.7. The Morgan fingerprint density at radius 2 is 1.78 bits per heavy atom. The standard InChI is InChI=1S/C17H10ClF3N2/c18-11-5-12(20)16(13(21)6-11)9-1-3-10(4-2-9)17-14(7-19)23(17)15(17)8-22/h1-6,14-15H,7H2/t14-,15-,17-,23?/m0/s1. The summed E-state index contributed by atoms with van der Waals surface area (Å²) >= 11 is 5.62. The van der Waals surface area contributed by atoms with Crippen LogP contribution in [0.5, 0.6) is 0 Å². The van der Waals surface area contributed by atoms with Gasteiger partial charge in [0, 0.05) is 5.02 Å². The summed E-state index contributed by atoms with van der Waals surface area (Å²) in [7, 11) is 0. The molecular formula is C17H10ClF3N2. The minimum Gasteiger partial charge on any atom is -0.264 e. The zero-order valence-corrected chi connectivity index (χ0v) is 12.5. The summed E-state index contributed by atoms with van der Waals surface area (Å²) in [5, 5.41) is 9.05. The zero-order chi connectivity index (χ0) is 16.4. The normalized spacial score (nSPS) is 30.5. The molecule has 0 N–H and O–H groups in total. The highest BCUT2D eigenvalue weighted by Gasteiger charge is 2.86. The lowest BCUT2D eigenvalue weighted by molar-refractivity contribution is 0.401. The van der Waals surface area contributed by atoms with Crippen molar-refractivity contribution < 1.29 is 13.2 Å². The highest BCUT2D eigenvalue weighted by Crippen LogP contribution is 2.70. The Kier molecular flexibility index (Phi) is 2.99. The van der Waals surface area contributed by atoms with Crippen molar-refractivity contribution in [1.29, 1.82) is 5.26 Å². The molecule has 0 amide bonds. The van der Waals surface area contributed by atoms with Crippen LogP contribution >= 0.6 is 11.6 Å². The molecule has 0 aromatic heterocycles. The van der Waals surface area contributed by atoms with Gasteiger partial charge in [-0.05, 0) is 23.3 Å². The Labute approximate surface area is 135 Å². The minimum atomic E-state index is -0.739. The first-order valence-electron chi connectivity index (χ1n) is 7.05. The van der Waals surface area contributed by atoms with Gasteiger partial charge in [-0.1, -0.05) is 35.9 Å². The molecule has 116 valence electrons. The van der Waals surface area contributed by atoms with Gasteiger partial charge >= 0.3 is 0 Å². The summed E-state index contributed by atoms with van der Waals surface area (Å²) < 4.78 is 40.8. The molecule has 0 bridgehead atoms. The summed E-state index contributed by atoms with van der Waals surface area (Å²) in [6.45, 7) is -0.514. The molecule has 2 aromatic rings. The van der Waals surface area contributed by atoms with Crippen molar-refractivity contribution in [3.8, 4) is 17.2 Å². The molecule has 2 aliphatic heterocycles. The van der Waals surface area contributed by atoms with E-state index in [-0.39, 0.29) is 22.7 Å². The fourth-order valence-electron chi connectivity index (χ4n) is 3.57. The maximum Gasteiger partial charge on any atom is 0.135 e. The molecule has 6 heteroatoms. The van der Waals surface area contributed by atoms with E-state index in [9.17, 15) is 13.2 Å². The van der Waals surface area contributed by atoms with Crippen molar-refractivity contribution in [2.24, 2.45) is 0 Å². The van der Waals surface area contributed by atoms with Crippen LogP contribution in [0.25, 0.3) is 11.1 Å². The maximum absolute atomic E-state index is 14.0. The number of nitriles is 1. The molecule has 0 aliphatic carbocycles. The first-order valence-corrected chi connectivity index (χ1v) is 7.43. The number of hydrogen-bond acceptors (Lipinski definition) is 2. The predicted octanol–water partition coefficient (Wildman–Crippen LogP) is 4.04. The third-order valence-corrected chi connectivity index (χ3v) is 4.96. The fourth-order valence-corrected chi connectivity index (χ4v) is 3.76. The lowest BCUT2D eigenvalue weighted by Crippen LogP contribution is -2.23. The molecule has 2 nitrogen and oxygen atoms in total. The quantitative estimate of drug-likeness (QED) is 0.792. The molecule has 4 atom stereocenters. The molecule has 23 heavy (non-hydrogen) atoms. The van der Waals surface area contributed by atoms with E-state index in [2.05, 4.69) is 6.07 Å². The van der Waals surface area contributed by atoms with E-state index in [0.29, 0.717) is 5.56 Å². The van der Waals surface area contributed by atoms with Crippen LogP contribution in [0, 0.1) is 23.0 Å². The van der Waals surface area contributed by atoms with Gasteiger partial charge in [0.25, 0.3) is 0 Å². The van der Waals surface area contributed by atoms with Gasteiger partial charge in [0.05, 0.1) is 23.2 Å². The lowest BCUT2D eigenvalue weighted by Gasteiger charge is -2.11. The molecule has 2 fully saturated rings. The summed E-state index contributed by atoms with van der Waals surface area (Å²) in [6, 6.07) is 10.2. The second-order valence-electron chi connectivity index (χ2n) is 5.76. The maximum atomic E-state index is 14.0. The van der Waals surface area contributed by atoms with E-state index in [1.165, 1.54) is 0 Å². The van der Waals surface area contributed by atoms with E-state index in [0.717, 1.165) is 17.7 Å². The molecule has 2 saturated heterocycles. The molecule has 0 radical (unpaired) electrons. The van der Waals surface area contributed by atoms with Crippen LogP contribution in [-0.2, 0) is 5.54 Å². The van der Waals surface area contributed by atoms with Crippen molar-refractivity contribution >= 4 is 11.6 Å². The van der Waals surface area contributed by atoms with Crippen LogP contribution < -0.4 is 0 Å². The van der Waals surface area contributed by atoms with Crippen LogP contribution in [0.3, 0.4) is 0 Å². The number of rotatable bonds is 3. The number of benzene rings is 2. The fraction of sp³-hybridized carbons (Fsp3) is 0.235. The first kappa shape index (κ1) is 14.6. The Bertz CT molecular complexity index is 823. The third kappa shape index (κ3) is 1.79. The Hall–Kier alpha value is -2.03. The molecule has 2 aromatic carbocycles. The summed E-state index contributed by atoms with van der Waals surface area (Å²) in [5.41, 5.74) is 0.472. The second kappa shape index (κ2) is 4.73.